The number of carbonyl (C=O) groups is 1. The fraction of sp³-hybridized carbons (Fsp3) is 0.500. The van der Waals surface area contributed by atoms with E-state index in [-0.39, 0.29) is 11.5 Å². The van der Waals surface area contributed by atoms with E-state index in [0.717, 1.165) is 30.4 Å². The Kier molecular flexibility index (Phi) is 2.44. The van der Waals surface area contributed by atoms with Crippen LogP contribution < -0.4 is 0 Å². The minimum Gasteiger partial charge on any atom is -0.447 e. The number of nitrogens with zero attached hydrogens (tertiary/aromatic N) is 3. The predicted octanol–water partition coefficient (Wildman–Crippen LogP) is 2.61. The Labute approximate surface area is 146 Å². The molecule has 128 valence electrons. The molecule has 1 unspecified atom stereocenters. The number of carbonyl (C=O) groups excluding carboxylic acids is 1. The molecule has 4 heterocycles. The number of imidazole rings is 1. The Hall–Kier alpha value is -2.14. The third kappa shape index (κ3) is 1.35. The molecule has 0 bridgehead atoms. The highest BCUT2D eigenvalue weighted by Crippen LogP contribution is 2.68. The molecule has 5 nitrogen and oxygen atoms in total. The summed E-state index contributed by atoms with van der Waals surface area (Å²) in [5, 5.41) is 0. The topological polar surface area (TPSA) is 47.4 Å². The van der Waals surface area contributed by atoms with Crippen LogP contribution in [0.3, 0.4) is 0 Å². The van der Waals surface area contributed by atoms with Gasteiger partial charge in [-0.15, -0.1) is 0 Å². The number of fused-ring (bicyclic) bond motifs is 2. The molecule has 1 saturated carbocycles. The van der Waals surface area contributed by atoms with Crippen molar-refractivity contribution in [3.05, 3.63) is 42.2 Å². The van der Waals surface area contributed by atoms with Crippen molar-refractivity contribution in [2.24, 2.45) is 0 Å². The molecule has 0 radical (unpaired) electrons. The van der Waals surface area contributed by atoms with Crippen LogP contribution in [0.25, 0.3) is 11.0 Å². The zero-order chi connectivity index (χ0) is 16.8. The van der Waals surface area contributed by atoms with Gasteiger partial charge >= 0.3 is 5.97 Å². The number of esters is 1. The summed E-state index contributed by atoms with van der Waals surface area (Å²) < 4.78 is 8.49. The maximum atomic E-state index is 12.3. The van der Waals surface area contributed by atoms with Crippen LogP contribution in [-0.2, 0) is 15.1 Å². The molecule has 1 aromatic carbocycles. The number of benzene rings is 1. The predicted molar refractivity (Wildman–Crippen MR) is 93.0 cm³/mol. The Morgan fingerprint density at radius 1 is 1.28 bits per heavy atom. The second kappa shape index (κ2) is 4.33. The zero-order valence-electron chi connectivity index (χ0n) is 14.3. The Morgan fingerprint density at radius 3 is 3.04 bits per heavy atom. The highest BCUT2D eigenvalue weighted by Gasteiger charge is 2.80. The van der Waals surface area contributed by atoms with Gasteiger partial charge in [0.1, 0.15) is 5.54 Å². The summed E-state index contributed by atoms with van der Waals surface area (Å²) in [6.45, 7) is 3.40. The molecule has 2 saturated heterocycles. The molecule has 1 aliphatic carbocycles. The third-order valence-electron chi connectivity index (χ3n) is 7.22. The zero-order valence-corrected chi connectivity index (χ0v) is 14.3. The Morgan fingerprint density at radius 2 is 2.16 bits per heavy atom. The molecular weight excluding hydrogens is 314 g/mol. The smallest absolute Gasteiger partial charge is 0.331 e. The van der Waals surface area contributed by atoms with Gasteiger partial charge in [-0.3, -0.25) is 4.90 Å². The first-order valence-corrected chi connectivity index (χ1v) is 9.31. The van der Waals surface area contributed by atoms with Crippen molar-refractivity contribution in [1.82, 2.24) is 14.5 Å². The number of para-hydroxylation sites is 2. The van der Waals surface area contributed by atoms with E-state index < -0.39 is 5.60 Å². The van der Waals surface area contributed by atoms with Gasteiger partial charge in [0, 0.05) is 18.5 Å². The number of ether oxygens (including phenoxy) is 1. The standard InChI is InChI=1S/C20H21N3O2/c1-13-19(23-12-21-15-6-2-3-7-16(15)23)11-14-10-18(24)25-20(14,19)17-8-4-5-9-22(13)17/h2-3,6-7,10,12-13,17H,4-5,8-9,11H2,1H3/t13-,17+,19?,20-/m0/s1. The number of hydrogen-bond acceptors (Lipinski definition) is 4. The van der Waals surface area contributed by atoms with Crippen LogP contribution in [0.5, 0.6) is 0 Å². The number of rotatable bonds is 1. The molecule has 2 aromatic rings. The molecule has 3 aliphatic heterocycles. The number of aromatic nitrogens is 2. The fourth-order valence-corrected chi connectivity index (χ4v) is 6.27. The largest absolute Gasteiger partial charge is 0.447 e. The summed E-state index contributed by atoms with van der Waals surface area (Å²) in [6, 6.07) is 8.89. The first kappa shape index (κ1) is 14.1. The lowest BCUT2D eigenvalue weighted by molar-refractivity contribution is -0.166. The van der Waals surface area contributed by atoms with Crippen molar-refractivity contribution < 1.29 is 9.53 Å². The summed E-state index contributed by atoms with van der Waals surface area (Å²) in [6.07, 6.45) is 8.13. The molecule has 1 aromatic heterocycles. The van der Waals surface area contributed by atoms with Crippen LogP contribution in [0.4, 0.5) is 0 Å². The van der Waals surface area contributed by atoms with Crippen molar-refractivity contribution >= 4 is 17.0 Å². The lowest BCUT2D eigenvalue weighted by atomic mass is 9.56. The van der Waals surface area contributed by atoms with E-state index in [1.165, 1.54) is 18.4 Å². The van der Waals surface area contributed by atoms with Gasteiger partial charge in [0.25, 0.3) is 0 Å². The summed E-state index contributed by atoms with van der Waals surface area (Å²) in [5.74, 6) is -0.166. The summed E-state index contributed by atoms with van der Waals surface area (Å²) >= 11 is 0. The van der Waals surface area contributed by atoms with E-state index >= 15 is 0 Å². The van der Waals surface area contributed by atoms with Gasteiger partial charge in [-0.2, -0.15) is 0 Å². The second-order valence-corrected chi connectivity index (χ2v) is 7.96. The first-order valence-electron chi connectivity index (χ1n) is 9.31. The average molecular weight is 335 g/mol. The van der Waals surface area contributed by atoms with Crippen molar-refractivity contribution in [2.75, 3.05) is 6.54 Å². The molecule has 0 N–H and O–H groups in total. The van der Waals surface area contributed by atoms with Crippen LogP contribution >= 0.6 is 0 Å². The third-order valence-corrected chi connectivity index (χ3v) is 7.22. The lowest BCUT2D eigenvalue weighted by Gasteiger charge is -2.56. The number of hydrogen-bond donors (Lipinski definition) is 0. The van der Waals surface area contributed by atoms with Gasteiger partial charge in [-0.25, -0.2) is 9.78 Å². The van der Waals surface area contributed by atoms with Crippen LogP contribution in [-0.4, -0.2) is 44.6 Å². The normalized spacial score (nSPS) is 39.4. The van der Waals surface area contributed by atoms with Gasteiger partial charge in [-0.1, -0.05) is 18.6 Å². The SMILES string of the molecule is C[C@@H]1N2CCCC[C@@H]2[C@@]23OC(=O)C=C2CC13n1cnc2ccccc21. The average Bonchev–Trinajstić information content (AvgIpc) is 3.21. The maximum absolute atomic E-state index is 12.3. The molecule has 1 spiro atoms. The van der Waals surface area contributed by atoms with E-state index in [1.54, 1.807) is 6.08 Å². The molecule has 25 heavy (non-hydrogen) atoms. The first-order chi connectivity index (χ1) is 12.2. The molecule has 4 atom stereocenters. The quantitative estimate of drug-likeness (QED) is 0.752. The highest BCUT2D eigenvalue weighted by molar-refractivity contribution is 5.89. The van der Waals surface area contributed by atoms with E-state index in [4.69, 9.17) is 4.74 Å². The van der Waals surface area contributed by atoms with Gasteiger partial charge in [0.15, 0.2) is 5.60 Å². The maximum Gasteiger partial charge on any atom is 0.331 e. The summed E-state index contributed by atoms with van der Waals surface area (Å²) in [4.78, 5) is 19.5. The van der Waals surface area contributed by atoms with Crippen molar-refractivity contribution in [3.63, 3.8) is 0 Å². The Bertz CT molecular complexity index is 947. The van der Waals surface area contributed by atoms with Crippen molar-refractivity contribution in [2.45, 2.75) is 55.8 Å². The van der Waals surface area contributed by atoms with Gasteiger partial charge in [0.2, 0.25) is 0 Å². The minimum atomic E-state index is -0.493. The molecule has 0 amide bonds. The molecule has 4 aliphatic rings. The van der Waals surface area contributed by atoms with E-state index in [1.807, 2.05) is 12.4 Å². The molecule has 3 fully saturated rings. The van der Waals surface area contributed by atoms with Crippen molar-refractivity contribution in [3.8, 4) is 0 Å². The van der Waals surface area contributed by atoms with Gasteiger partial charge in [-0.05, 0) is 44.0 Å². The van der Waals surface area contributed by atoms with Crippen LogP contribution in [0.15, 0.2) is 42.2 Å². The monoisotopic (exact) mass is 335 g/mol. The van der Waals surface area contributed by atoms with Crippen LogP contribution in [0, 0.1) is 0 Å². The lowest BCUT2D eigenvalue weighted by Crippen LogP contribution is -2.68. The van der Waals surface area contributed by atoms with E-state index in [2.05, 4.69) is 39.6 Å². The Balaban J connectivity index is 1.63. The molecular formula is C20H21N3O2. The number of piperidine rings is 1. The van der Waals surface area contributed by atoms with Crippen LogP contribution in [0.2, 0.25) is 0 Å². The summed E-state index contributed by atoms with van der Waals surface area (Å²) in [7, 11) is 0. The van der Waals surface area contributed by atoms with E-state index in [9.17, 15) is 4.79 Å². The minimum absolute atomic E-state index is 0.166. The molecule has 6 rings (SSSR count). The second-order valence-electron chi connectivity index (χ2n) is 7.96. The fourth-order valence-electron chi connectivity index (χ4n) is 6.27. The van der Waals surface area contributed by atoms with Crippen molar-refractivity contribution in [1.29, 1.82) is 0 Å². The summed E-state index contributed by atoms with van der Waals surface area (Å²) in [5.41, 5.74) is 2.60. The van der Waals surface area contributed by atoms with Crippen LogP contribution in [0.1, 0.15) is 32.6 Å². The van der Waals surface area contributed by atoms with Gasteiger partial charge in [0.05, 0.1) is 23.4 Å². The van der Waals surface area contributed by atoms with Gasteiger partial charge < -0.3 is 9.30 Å². The van der Waals surface area contributed by atoms with E-state index in [0.29, 0.717) is 12.1 Å². The highest BCUT2D eigenvalue weighted by atomic mass is 16.6. The molecule has 5 heteroatoms.